The summed E-state index contributed by atoms with van der Waals surface area (Å²) in [6.45, 7) is 0. The van der Waals surface area contributed by atoms with Crippen molar-refractivity contribution >= 4 is 39.4 Å². The van der Waals surface area contributed by atoms with Gasteiger partial charge in [0.05, 0.1) is 6.21 Å². The van der Waals surface area contributed by atoms with Gasteiger partial charge >= 0.3 is 0 Å². The Morgan fingerprint density at radius 2 is 1.48 bits per heavy atom. The van der Waals surface area contributed by atoms with Crippen molar-refractivity contribution in [1.82, 2.24) is 5.43 Å². The first-order valence-corrected chi connectivity index (χ1v) is 8.51. The normalized spacial score (nSPS) is 10.6. The van der Waals surface area contributed by atoms with E-state index in [4.69, 9.17) is 0 Å². The van der Waals surface area contributed by atoms with E-state index < -0.39 is 0 Å². The first-order valence-electron chi connectivity index (χ1n) is 7.72. The molecule has 0 saturated carbocycles. The largest absolute Gasteiger partial charge is 0.356 e. The molecule has 1 amide bonds. The summed E-state index contributed by atoms with van der Waals surface area (Å²) in [5.74, 6) is -0.244. The molecular formula is C20H16BrN3O. The monoisotopic (exact) mass is 393 g/mol. The van der Waals surface area contributed by atoms with Crippen LogP contribution in [0.1, 0.15) is 15.9 Å². The van der Waals surface area contributed by atoms with Gasteiger partial charge in [-0.25, -0.2) is 5.43 Å². The quantitative estimate of drug-likeness (QED) is 0.475. The van der Waals surface area contributed by atoms with Crippen molar-refractivity contribution in [3.05, 3.63) is 94.5 Å². The number of hydrazone groups is 1. The molecule has 0 radical (unpaired) electrons. The lowest BCUT2D eigenvalue weighted by atomic mass is 10.2. The predicted molar refractivity (Wildman–Crippen MR) is 105 cm³/mol. The van der Waals surface area contributed by atoms with Gasteiger partial charge in [0.25, 0.3) is 5.91 Å². The number of carbonyl (C=O) groups is 1. The molecule has 5 heteroatoms. The average molecular weight is 394 g/mol. The van der Waals surface area contributed by atoms with Gasteiger partial charge in [-0.05, 0) is 54.1 Å². The Labute approximate surface area is 154 Å². The second-order valence-corrected chi connectivity index (χ2v) is 6.23. The molecule has 25 heavy (non-hydrogen) atoms. The van der Waals surface area contributed by atoms with E-state index in [1.807, 2.05) is 66.7 Å². The van der Waals surface area contributed by atoms with Crippen LogP contribution in [0.3, 0.4) is 0 Å². The number of amides is 1. The van der Waals surface area contributed by atoms with Crippen LogP contribution in [0.2, 0.25) is 0 Å². The molecule has 0 unspecified atom stereocenters. The van der Waals surface area contributed by atoms with E-state index in [2.05, 4.69) is 31.8 Å². The highest BCUT2D eigenvalue weighted by Crippen LogP contribution is 2.16. The van der Waals surface area contributed by atoms with Crippen molar-refractivity contribution in [3.8, 4) is 0 Å². The summed E-state index contributed by atoms with van der Waals surface area (Å²) in [5.41, 5.74) is 6.00. The molecule has 124 valence electrons. The number of carbonyl (C=O) groups excluding carboxylic acids is 1. The number of rotatable bonds is 5. The van der Waals surface area contributed by atoms with Gasteiger partial charge in [0.15, 0.2) is 0 Å². The van der Waals surface area contributed by atoms with E-state index in [-0.39, 0.29) is 5.91 Å². The number of hydrogen-bond donors (Lipinski definition) is 2. The van der Waals surface area contributed by atoms with Crippen LogP contribution in [-0.2, 0) is 0 Å². The van der Waals surface area contributed by atoms with Crippen LogP contribution in [0, 0.1) is 0 Å². The van der Waals surface area contributed by atoms with Crippen LogP contribution in [-0.4, -0.2) is 12.1 Å². The van der Waals surface area contributed by atoms with Gasteiger partial charge in [0.1, 0.15) is 0 Å². The number of nitrogens with one attached hydrogen (secondary N) is 2. The van der Waals surface area contributed by atoms with E-state index >= 15 is 0 Å². The third-order valence-corrected chi connectivity index (χ3v) is 3.99. The highest BCUT2D eigenvalue weighted by atomic mass is 79.9. The molecule has 0 heterocycles. The minimum absolute atomic E-state index is 0.244. The molecule has 0 saturated heterocycles. The van der Waals surface area contributed by atoms with Crippen LogP contribution in [0.15, 0.2) is 88.4 Å². The van der Waals surface area contributed by atoms with Crippen molar-refractivity contribution in [2.45, 2.75) is 0 Å². The topological polar surface area (TPSA) is 53.5 Å². The number of hydrogen-bond acceptors (Lipinski definition) is 3. The van der Waals surface area contributed by atoms with E-state index in [1.165, 1.54) is 0 Å². The third-order valence-electron chi connectivity index (χ3n) is 3.46. The summed E-state index contributed by atoms with van der Waals surface area (Å²) in [7, 11) is 0. The van der Waals surface area contributed by atoms with Gasteiger partial charge in [-0.2, -0.15) is 5.10 Å². The Kier molecular flexibility index (Phi) is 5.59. The van der Waals surface area contributed by atoms with Crippen molar-refractivity contribution in [2.24, 2.45) is 5.10 Å². The Bertz CT molecular complexity index is 860. The standard InChI is InChI=1S/C20H16BrN3O/c21-17-10-8-16(9-11-17)20(25)24-22-14-15-6-12-19(13-7-15)23-18-4-2-1-3-5-18/h1-14,23H,(H,24,25). The maximum Gasteiger partial charge on any atom is 0.271 e. The van der Waals surface area contributed by atoms with Gasteiger partial charge in [-0.1, -0.05) is 46.3 Å². The molecule has 0 spiro atoms. The summed E-state index contributed by atoms with van der Waals surface area (Å²) >= 11 is 3.34. The highest BCUT2D eigenvalue weighted by molar-refractivity contribution is 9.10. The fraction of sp³-hybridized carbons (Fsp3) is 0. The number of nitrogens with zero attached hydrogens (tertiary/aromatic N) is 1. The number of para-hydroxylation sites is 1. The lowest BCUT2D eigenvalue weighted by molar-refractivity contribution is 0.0955. The lowest BCUT2D eigenvalue weighted by Gasteiger charge is -2.06. The summed E-state index contributed by atoms with van der Waals surface area (Å²) < 4.78 is 0.928. The molecule has 0 fully saturated rings. The first-order chi connectivity index (χ1) is 12.2. The zero-order chi connectivity index (χ0) is 17.5. The summed E-state index contributed by atoms with van der Waals surface area (Å²) in [6, 6.07) is 24.9. The van der Waals surface area contributed by atoms with Crippen LogP contribution < -0.4 is 10.7 Å². The number of halogens is 1. The molecule has 0 aromatic heterocycles. The molecule has 3 aromatic carbocycles. The maximum absolute atomic E-state index is 12.0. The lowest BCUT2D eigenvalue weighted by Crippen LogP contribution is -2.17. The van der Waals surface area contributed by atoms with E-state index in [1.54, 1.807) is 18.3 Å². The zero-order valence-corrected chi connectivity index (χ0v) is 14.9. The number of benzene rings is 3. The molecule has 0 bridgehead atoms. The zero-order valence-electron chi connectivity index (χ0n) is 13.3. The molecule has 0 atom stereocenters. The third kappa shape index (κ3) is 5.02. The van der Waals surface area contributed by atoms with Gasteiger partial charge in [-0.15, -0.1) is 0 Å². The maximum atomic E-state index is 12.0. The Balaban J connectivity index is 1.56. The Morgan fingerprint density at radius 1 is 0.840 bits per heavy atom. The SMILES string of the molecule is O=C(NN=Cc1ccc(Nc2ccccc2)cc1)c1ccc(Br)cc1. The summed E-state index contributed by atoms with van der Waals surface area (Å²) in [4.78, 5) is 12.0. The molecule has 0 aliphatic rings. The van der Waals surface area contributed by atoms with E-state index in [0.717, 1.165) is 21.4 Å². The second kappa shape index (κ2) is 8.26. The minimum Gasteiger partial charge on any atom is -0.356 e. The van der Waals surface area contributed by atoms with Crippen molar-refractivity contribution in [1.29, 1.82) is 0 Å². The molecular weight excluding hydrogens is 378 g/mol. The van der Waals surface area contributed by atoms with Gasteiger partial charge in [0, 0.05) is 21.4 Å². The molecule has 3 rings (SSSR count). The fourth-order valence-electron chi connectivity index (χ4n) is 2.17. The highest BCUT2D eigenvalue weighted by Gasteiger charge is 2.02. The van der Waals surface area contributed by atoms with Gasteiger partial charge in [-0.3, -0.25) is 4.79 Å². The minimum atomic E-state index is -0.244. The van der Waals surface area contributed by atoms with Crippen molar-refractivity contribution < 1.29 is 4.79 Å². The van der Waals surface area contributed by atoms with E-state index in [9.17, 15) is 4.79 Å². The van der Waals surface area contributed by atoms with E-state index in [0.29, 0.717) is 5.56 Å². The van der Waals surface area contributed by atoms with Crippen LogP contribution in [0.25, 0.3) is 0 Å². The van der Waals surface area contributed by atoms with Crippen LogP contribution >= 0.6 is 15.9 Å². The van der Waals surface area contributed by atoms with Gasteiger partial charge in [0.2, 0.25) is 0 Å². The molecule has 2 N–H and O–H groups in total. The molecule has 0 aliphatic carbocycles. The first kappa shape index (κ1) is 16.9. The second-order valence-electron chi connectivity index (χ2n) is 5.32. The Hall–Kier alpha value is -2.92. The van der Waals surface area contributed by atoms with Crippen LogP contribution in [0.4, 0.5) is 11.4 Å². The molecule has 0 aliphatic heterocycles. The molecule has 4 nitrogen and oxygen atoms in total. The van der Waals surface area contributed by atoms with Gasteiger partial charge < -0.3 is 5.32 Å². The average Bonchev–Trinajstić information content (AvgIpc) is 2.64. The van der Waals surface area contributed by atoms with Crippen molar-refractivity contribution in [3.63, 3.8) is 0 Å². The predicted octanol–water partition coefficient (Wildman–Crippen LogP) is 4.96. The van der Waals surface area contributed by atoms with Crippen LogP contribution in [0.5, 0.6) is 0 Å². The Morgan fingerprint density at radius 3 is 2.16 bits per heavy atom. The summed E-state index contributed by atoms with van der Waals surface area (Å²) in [5, 5.41) is 7.31. The molecule has 3 aromatic rings. The smallest absolute Gasteiger partial charge is 0.271 e. The van der Waals surface area contributed by atoms with Crippen molar-refractivity contribution in [2.75, 3.05) is 5.32 Å². The fourth-order valence-corrected chi connectivity index (χ4v) is 2.44. The number of anilines is 2. The summed E-state index contributed by atoms with van der Waals surface area (Å²) in [6.07, 6.45) is 1.61.